The minimum absolute atomic E-state index is 0.215. The Bertz CT molecular complexity index is 453. The number of rotatable bonds is 4. The maximum absolute atomic E-state index is 11.7. The molecule has 0 aliphatic carbocycles. The lowest BCUT2D eigenvalue weighted by molar-refractivity contribution is -0.127. The Morgan fingerprint density at radius 2 is 2.17 bits per heavy atom. The quantitative estimate of drug-likeness (QED) is 0.846. The van der Waals surface area contributed by atoms with Crippen LogP contribution < -0.4 is 0 Å². The van der Waals surface area contributed by atoms with Gasteiger partial charge in [0.1, 0.15) is 0 Å². The summed E-state index contributed by atoms with van der Waals surface area (Å²) in [7, 11) is 0. The van der Waals surface area contributed by atoms with Gasteiger partial charge in [0.15, 0.2) is 0 Å². The van der Waals surface area contributed by atoms with E-state index in [4.69, 9.17) is 23.2 Å². The number of hydrogen-bond acceptors (Lipinski definition) is 2. The first-order chi connectivity index (χ1) is 8.60. The largest absolute Gasteiger partial charge is 0.342 e. The molecule has 1 saturated heterocycles. The summed E-state index contributed by atoms with van der Waals surface area (Å²) in [6.45, 7) is 1.50. The van der Waals surface area contributed by atoms with Crippen LogP contribution >= 0.6 is 35.8 Å². The van der Waals surface area contributed by atoms with Gasteiger partial charge in [0.05, 0.1) is 0 Å². The van der Waals surface area contributed by atoms with Gasteiger partial charge in [-0.25, -0.2) is 0 Å². The maximum Gasteiger partial charge on any atom is 0.222 e. The third-order valence-electron chi connectivity index (χ3n) is 3.21. The Labute approximate surface area is 123 Å². The molecule has 0 bridgehead atoms. The molecule has 0 aromatic heterocycles. The van der Waals surface area contributed by atoms with Crippen molar-refractivity contribution in [3.05, 3.63) is 33.8 Å². The molecule has 0 spiro atoms. The third-order valence-corrected chi connectivity index (χ3v) is 4.33. The van der Waals surface area contributed by atoms with Crippen molar-refractivity contribution in [2.45, 2.75) is 12.8 Å². The predicted octanol–water partition coefficient (Wildman–Crippen LogP) is 3.31. The Hall–Kier alpha value is -0.380. The van der Waals surface area contributed by atoms with E-state index in [1.54, 1.807) is 12.1 Å². The third kappa shape index (κ3) is 3.34. The van der Waals surface area contributed by atoms with Crippen molar-refractivity contribution in [3.8, 4) is 0 Å². The second kappa shape index (κ2) is 6.18. The zero-order valence-electron chi connectivity index (χ0n) is 9.90. The number of halogens is 2. The molecule has 1 fully saturated rings. The number of carbonyl (C=O) groups excluding carboxylic acids is 1. The summed E-state index contributed by atoms with van der Waals surface area (Å²) in [6.07, 6.45) is 1.36. The fraction of sp³-hybridized carbons (Fsp3) is 0.462. The SMILES string of the molecule is O=C1CC(CS)CN1CCc1cc(Cl)ccc1Cl. The van der Waals surface area contributed by atoms with Crippen LogP contribution in [-0.2, 0) is 11.2 Å². The molecule has 0 saturated carbocycles. The predicted molar refractivity (Wildman–Crippen MR) is 78.7 cm³/mol. The van der Waals surface area contributed by atoms with E-state index in [9.17, 15) is 4.79 Å². The van der Waals surface area contributed by atoms with Gasteiger partial charge in [-0.2, -0.15) is 12.6 Å². The summed E-state index contributed by atoms with van der Waals surface area (Å²) in [5.41, 5.74) is 0.992. The van der Waals surface area contributed by atoms with Crippen LogP contribution in [0.2, 0.25) is 10.0 Å². The molecule has 98 valence electrons. The van der Waals surface area contributed by atoms with Gasteiger partial charge in [0, 0.05) is 29.6 Å². The zero-order chi connectivity index (χ0) is 13.1. The Morgan fingerprint density at radius 3 is 2.83 bits per heavy atom. The smallest absolute Gasteiger partial charge is 0.222 e. The monoisotopic (exact) mass is 303 g/mol. The standard InChI is InChI=1S/C13H15Cl2NOS/c14-11-1-2-12(15)10(6-11)3-4-16-7-9(8-18)5-13(16)17/h1-2,6,9,18H,3-5,7-8H2. The number of thiol groups is 1. The summed E-state index contributed by atoms with van der Waals surface area (Å²) in [5, 5.41) is 1.38. The highest BCUT2D eigenvalue weighted by Gasteiger charge is 2.28. The fourth-order valence-electron chi connectivity index (χ4n) is 2.18. The van der Waals surface area contributed by atoms with Gasteiger partial charge in [-0.1, -0.05) is 23.2 Å². The normalized spacial score (nSPS) is 19.6. The molecule has 0 N–H and O–H groups in total. The topological polar surface area (TPSA) is 20.3 Å². The van der Waals surface area contributed by atoms with E-state index in [0.717, 1.165) is 24.3 Å². The maximum atomic E-state index is 11.7. The van der Waals surface area contributed by atoms with Gasteiger partial charge in [-0.05, 0) is 41.9 Å². The van der Waals surface area contributed by atoms with Crippen LogP contribution in [0, 0.1) is 5.92 Å². The summed E-state index contributed by atoms with van der Waals surface area (Å²) in [4.78, 5) is 13.6. The number of nitrogens with zero attached hydrogens (tertiary/aromatic N) is 1. The van der Waals surface area contributed by atoms with Crippen molar-refractivity contribution < 1.29 is 4.79 Å². The molecule has 1 heterocycles. The van der Waals surface area contributed by atoms with Gasteiger partial charge in [0.2, 0.25) is 5.91 Å². The lowest BCUT2D eigenvalue weighted by atomic mass is 10.1. The minimum Gasteiger partial charge on any atom is -0.342 e. The molecule has 1 atom stereocenters. The van der Waals surface area contributed by atoms with E-state index in [2.05, 4.69) is 12.6 Å². The van der Waals surface area contributed by atoms with Crippen molar-refractivity contribution >= 4 is 41.7 Å². The highest BCUT2D eigenvalue weighted by Crippen LogP contribution is 2.23. The van der Waals surface area contributed by atoms with Gasteiger partial charge in [-0.15, -0.1) is 0 Å². The Balaban J connectivity index is 1.95. The van der Waals surface area contributed by atoms with Crippen LogP contribution in [0.5, 0.6) is 0 Å². The van der Waals surface area contributed by atoms with Crippen LogP contribution in [0.25, 0.3) is 0 Å². The highest BCUT2D eigenvalue weighted by atomic mass is 35.5. The lowest BCUT2D eigenvalue weighted by Crippen LogP contribution is -2.27. The van der Waals surface area contributed by atoms with Crippen molar-refractivity contribution in [2.75, 3.05) is 18.8 Å². The van der Waals surface area contributed by atoms with Crippen LogP contribution in [0.3, 0.4) is 0 Å². The number of benzene rings is 1. The summed E-state index contributed by atoms with van der Waals surface area (Å²) >= 11 is 16.3. The molecule has 1 amide bonds. The van der Waals surface area contributed by atoms with Gasteiger partial charge in [0.25, 0.3) is 0 Å². The average molecular weight is 304 g/mol. The second-order valence-corrected chi connectivity index (χ2v) is 5.79. The number of hydrogen-bond donors (Lipinski definition) is 1. The van der Waals surface area contributed by atoms with Gasteiger partial charge in [-0.3, -0.25) is 4.79 Å². The molecular weight excluding hydrogens is 289 g/mol. The van der Waals surface area contributed by atoms with E-state index < -0.39 is 0 Å². The zero-order valence-corrected chi connectivity index (χ0v) is 12.3. The van der Waals surface area contributed by atoms with E-state index in [1.807, 2.05) is 11.0 Å². The molecule has 18 heavy (non-hydrogen) atoms. The Morgan fingerprint density at radius 1 is 1.39 bits per heavy atom. The Kier molecular flexibility index (Phi) is 4.82. The fourth-order valence-corrected chi connectivity index (χ4v) is 2.83. The van der Waals surface area contributed by atoms with Crippen molar-refractivity contribution in [1.82, 2.24) is 4.90 Å². The lowest BCUT2D eigenvalue weighted by Gasteiger charge is -2.16. The number of amides is 1. The molecule has 2 nitrogen and oxygen atoms in total. The summed E-state index contributed by atoms with van der Waals surface area (Å²) in [6, 6.07) is 5.42. The first-order valence-electron chi connectivity index (χ1n) is 5.92. The first kappa shape index (κ1) is 14.0. The molecular formula is C13H15Cl2NOS. The molecule has 1 aromatic carbocycles. The summed E-state index contributed by atoms with van der Waals surface area (Å²) in [5.74, 6) is 1.36. The summed E-state index contributed by atoms with van der Waals surface area (Å²) < 4.78 is 0. The molecule has 1 aromatic rings. The van der Waals surface area contributed by atoms with Gasteiger partial charge < -0.3 is 4.90 Å². The van der Waals surface area contributed by atoms with E-state index >= 15 is 0 Å². The minimum atomic E-state index is 0.215. The molecule has 1 aliphatic rings. The van der Waals surface area contributed by atoms with Crippen LogP contribution in [-0.4, -0.2) is 29.6 Å². The molecule has 2 rings (SSSR count). The average Bonchev–Trinajstić information content (AvgIpc) is 2.71. The molecule has 1 unspecified atom stereocenters. The van der Waals surface area contributed by atoms with Crippen molar-refractivity contribution in [3.63, 3.8) is 0 Å². The van der Waals surface area contributed by atoms with Gasteiger partial charge >= 0.3 is 0 Å². The van der Waals surface area contributed by atoms with Crippen LogP contribution in [0.4, 0.5) is 0 Å². The first-order valence-corrected chi connectivity index (χ1v) is 7.31. The van der Waals surface area contributed by atoms with E-state index in [0.29, 0.717) is 28.9 Å². The molecule has 5 heteroatoms. The second-order valence-electron chi connectivity index (χ2n) is 4.58. The highest BCUT2D eigenvalue weighted by molar-refractivity contribution is 7.80. The number of likely N-dealkylation sites (tertiary alicyclic amines) is 1. The van der Waals surface area contributed by atoms with Crippen molar-refractivity contribution in [1.29, 1.82) is 0 Å². The van der Waals surface area contributed by atoms with E-state index in [-0.39, 0.29) is 5.91 Å². The van der Waals surface area contributed by atoms with Crippen LogP contribution in [0.15, 0.2) is 18.2 Å². The number of carbonyl (C=O) groups is 1. The van der Waals surface area contributed by atoms with Crippen molar-refractivity contribution in [2.24, 2.45) is 5.92 Å². The molecule has 1 aliphatic heterocycles. The van der Waals surface area contributed by atoms with E-state index in [1.165, 1.54) is 0 Å². The van der Waals surface area contributed by atoms with Crippen LogP contribution in [0.1, 0.15) is 12.0 Å². The molecule has 0 radical (unpaired) electrons.